The number of aliphatic hydroxyl groups is 1. The molecule has 88 valence electrons. The van der Waals surface area contributed by atoms with E-state index in [1.807, 2.05) is 0 Å². The molecule has 17 heavy (non-hydrogen) atoms. The van der Waals surface area contributed by atoms with Crippen molar-refractivity contribution in [3.63, 3.8) is 0 Å². The van der Waals surface area contributed by atoms with Gasteiger partial charge in [0.15, 0.2) is 0 Å². The van der Waals surface area contributed by atoms with Crippen LogP contribution in [0.3, 0.4) is 0 Å². The van der Waals surface area contributed by atoms with Crippen LogP contribution in [0, 0.1) is 0 Å². The van der Waals surface area contributed by atoms with Crippen molar-refractivity contribution >= 4 is 34.8 Å². The van der Waals surface area contributed by atoms with Crippen LogP contribution in [0.5, 0.6) is 0 Å². The molecule has 5 heteroatoms. The zero-order valence-corrected chi connectivity index (χ0v) is 10.9. The van der Waals surface area contributed by atoms with Gasteiger partial charge >= 0.3 is 0 Å². The highest BCUT2D eigenvalue weighted by atomic mass is 35.5. The maximum Gasteiger partial charge on any atom is 0.0892 e. The molecule has 1 aromatic heterocycles. The van der Waals surface area contributed by atoms with Crippen LogP contribution in [0.15, 0.2) is 30.5 Å². The second-order valence-corrected chi connectivity index (χ2v) is 4.61. The average Bonchev–Trinajstić information content (AvgIpc) is 2.33. The molecule has 0 aliphatic carbocycles. The van der Waals surface area contributed by atoms with Gasteiger partial charge < -0.3 is 5.11 Å². The smallest absolute Gasteiger partial charge is 0.0892 e. The van der Waals surface area contributed by atoms with Crippen LogP contribution in [0.2, 0.25) is 15.1 Å². The molecule has 1 aromatic carbocycles. The minimum Gasteiger partial charge on any atom is -0.392 e. The van der Waals surface area contributed by atoms with E-state index in [9.17, 15) is 0 Å². The lowest BCUT2D eigenvalue weighted by Gasteiger charge is -2.07. The van der Waals surface area contributed by atoms with Gasteiger partial charge in [0.2, 0.25) is 0 Å². The zero-order valence-electron chi connectivity index (χ0n) is 8.62. The molecule has 1 heterocycles. The predicted molar refractivity (Wildman–Crippen MR) is 70.6 cm³/mol. The van der Waals surface area contributed by atoms with Crippen molar-refractivity contribution in [1.82, 2.24) is 4.98 Å². The first-order valence-corrected chi connectivity index (χ1v) is 5.96. The molecule has 0 bridgehead atoms. The monoisotopic (exact) mass is 287 g/mol. The van der Waals surface area contributed by atoms with Crippen molar-refractivity contribution < 1.29 is 5.11 Å². The third-order valence-electron chi connectivity index (χ3n) is 2.33. The average molecular weight is 289 g/mol. The first kappa shape index (κ1) is 12.7. The van der Waals surface area contributed by atoms with Gasteiger partial charge in [0.05, 0.1) is 27.4 Å². The highest BCUT2D eigenvalue weighted by molar-refractivity contribution is 6.42. The number of hydrogen-bond donors (Lipinski definition) is 1. The summed E-state index contributed by atoms with van der Waals surface area (Å²) < 4.78 is 0. The standard InChI is InChI=1S/C12H8Cl3NO/c13-9-2-1-7(5-10(9)14)12-11(15)8(6-17)3-4-16-12/h1-5,17H,6H2. The molecule has 0 saturated carbocycles. The molecule has 0 amide bonds. The molecule has 2 rings (SSSR count). The Morgan fingerprint density at radius 1 is 1.06 bits per heavy atom. The first-order valence-electron chi connectivity index (χ1n) is 4.83. The molecule has 0 unspecified atom stereocenters. The van der Waals surface area contributed by atoms with E-state index in [0.717, 1.165) is 5.56 Å². The summed E-state index contributed by atoms with van der Waals surface area (Å²) in [6.45, 7) is -0.129. The normalized spacial score (nSPS) is 10.6. The Labute approximate surface area is 114 Å². The van der Waals surface area contributed by atoms with Gasteiger partial charge in [-0.25, -0.2) is 0 Å². The highest BCUT2D eigenvalue weighted by Crippen LogP contribution is 2.32. The summed E-state index contributed by atoms with van der Waals surface area (Å²) in [6.07, 6.45) is 1.59. The molecule has 0 fully saturated rings. The van der Waals surface area contributed by atoms with Crippen LogP contribution in [0.1, 0.15) is 5.56 Å². The zero-order chi connectivity index (χ0) is 12.4. The van der Waals surface area contributed by atoms with E-state index in [-0.39, 0.29) is 6.61 Å². The Hall–Kier alpha value is -0.800. The number of rotatable bonds is 2. The molecule has 2 aromatic rings. The number of pyridine rings is 1. The molecule has 1 N–H and O–H groups in total. The molecule has 0 saturated heterocycles. The molecular weight excluding hydrogens is 280 g/mol. The number of aliphatic hydroxyl groups excluding tert-OH is 1. The Balaban J connectivity index is 2.56. The molecule has 0 atom stereocenters. The second kappa shape index (κ2) is 5.23. The summed E-state index contributed by atoms with van der Waals surface area (Å²) in [5.41, 5.74) is 1.97. The van der Waals surface area contributed by atoms with E-state index in [2.05, 4.69) is 4.98 Å². The van der Waals surface area contributed by atoms with Gasteiger partial charge in [-0.3, -0.25) is 4.98 Å². The van der Waals surface area contributed by atoms with Gasteiger partial charge in [-0.1, -0.05) is 40.9 Å². The van der Waals surface area contributed by atoms with Crippen molar-refractivity contribution in [2.75, 3.05) is 0 Å². The number of hydrogen-bond acceptors (Lipinski definition) is 2. The Morgan fingerprint density at radius 2 is 1.82 bits per heavy atom. The minimum atomic E-state index is -0.129. The van der Waals surface area contributed by atoms with Crippen LogP contribution in [0.4, 0.5) is 0 Å². The van der Waals surface area contributed by atoms with Gasteiger partial charge in [-0.05, 0) is 23.8 Å². The van der Waals surface area contributed by atoms with Gasteiger partial charge in [-0.15, -0.1) is 0 Å². The Morgan fingerprint density at radius 3 is 2.47 bits per heavy atom. The van der Waals surface area contributed by atoms with Crippen LogP contribution >= 0.6 is 34.8 Å². The molecule has 0 aliphatic heterocycles. The lowest BCUT2D eigenvalue weighted by atomic mass is 10.1. The first-order chi connectivity index (χ1) is 8.13. The lowest BCUT2D eigenvalue weighted by molar-refractivity contribution is 0.282. The Bertz CT molecular complexity index is 557. The summed E-state index contributed by atoms with van der Waals surface area (Å²) in [4.78, 5) is 4.18. The highest BCUT2D eigenvalue weighted by Gasteiger charge is 2.10. The number of aromatic nitrogens is 1. The van der Waals surface area contributed by atoms with Crippen LogP contribution in [-0.2, 0) is 6.61 Å². The predicted octanol–water partition coefficient (Wildman–Crippen LogP) is 4.20. The van der Waals surface area contributed by atoms with Crippen molar-refractivity contribution in [1.29, 1.82) is 0 Å². The summed E-state index contributed by atoms with van der Waals surface area (Å²) in [5, 5.41) is 10.5. The van der Waals surface area contributed by atoms with E-state index < -0.39 is 0 Å². The topological polar surface area (TPSA) is 33.1 Å². The Kier molecular flexibility index (Phi) is 3.89. The summed E-state index contributed by atoms with van der Waals surface area (Å²) in [5.74, 6) is 0. The molecule has 0 radical (unpaired) electrons. The van der Waals surface area contributed by atoms with Gasteiger partial charge in [0, 0.05) is 11.8 Å². The van der Waals surface area contributed by atoms with Crippen molar-refractivity contribution in [3.05, 3.63) is 51.1 Å². The third-order valence-corrected chi connectivity index (χ3v) is 3.49. The fourth-order valence-electron chi connectivity index (χ4n) is 1.45. The SMILES string of the molecule is OCc1ccnc(-c2ccc(Cl)c(Cl)c2)c1Cl. The van der Waals surface area contributed by atoms with E-state index in [1.54, 1.807) is 30.5 Å². The summed E-state index contributed by atoms with van der Waals surface area (Å²) in [7, 11) is 0. The third kappa shape index (κ3) is 2.55. The van der Waals surface area contributed by atoms with Crippen LogP contribution < -0.4 is 0 Å². The van der Waals surface area contributed by atoms with E-state index >= 15 is 0 Å². The van der Waals surface area contributed by atoms with Crippen molar-refractivity contribution in [3.8, 4) is 11.3 Å². The minimum absolute atomic E-state index is 0.129. The maximum atomic E-state index is 9.13. The fraction of sp³-hybridized carbons (Fsp3) is 0.0833. The largest absolute Gasteiger partial charge is 0.392 e. The van der Waals surface area contributed by atoms with Gasteiger partial charge in [0.1, 0.15) is 0 Å². The molecule has 0 spiro atoms. The summed E-state index contributed by atoms with van der Waals surface area (Å²) in [6, 6.07) is 6.83. The number of nitrogens with zero attached hydrogens (tertiary/aromatic N) is 1. The van der Waals surface area contributed by atoms with Crippen molar-refractivity contribution in [2.24, 2.45) is 0 Å². The van der Waals surface area contributed by atoms with E-state index in [0.29, 0.717) is 26.3 Å². The van der Waals surface area contributed by atoms with E-state index in [4.69, 9.17) is 39.9 Å². The number of benzene rings is 1. The van der Waals surface area contributed by atoms with Crippen LogP contribution in [0.25, 0.3) is 11.3 Å². The molecule has 0 aliphatic rings. The quantitative estimate of drug-likeness (QED) is 0.898. The molecular formula is C12H8Cl3NO. The van der Waals surface area contributed by atoms with E-state index in [1.165, 1.54) is 0 Å². The lowest BCUT2D eigenvalue weighted by Crippen LogP contribution is -1.91. The second-order valence-electron chi connectivity index (χ2n) is 3.42. The van der Waals surface area contributed by atoms with Gasteiger partial charge in [-0.2, -0.15) is 0 Å². The number of halogens is 3. The summed E-state index contributed by atoms with van der Waals surface area (Å²) >= 11 is 17.9. The maximum absolute atomic E-state index is 9.13. The fourth-order valence-corrected chi connectivity index (χ4v) is 2.03. The van der Waals surface area contributed by atoms with Crippen molar-refractivity contribution in [2.45, 2.75) is 6.61 Å². The van der Waals surface area contributed by atoms with Crippen LogP contribution in [-0.4, -0.2) is 10.1 Å². The molecule has 2 nitrogen and oxygen atoms in total. The van der Waals surface area contributed by atoms with Gasteiger partial charge in [0.25, 0.3) is 0 Å².